The molecule has 94 valence electrons. The van der Waals surface area contributed by atoms with Crippen molar-refractivity contribution >= 4 is 5.91 Å². The highest BCUT2D eigenvalue weighted by atomic mass is 35.7. The second-order valence-corrected chi connectivity index (χ2v) is 5.03. The topological polar surface area (TPSA) is 140 Å². The second kappa shape index (κ2) is 4.82. The van der Waals surface area contributed by atoms with Gasteiger partial charge in [-0.1, -0.05) is 0 Å². The predicted molar refractivity (Wildman–Crippen MR) is 41.0 cm³/mol. The van der Waals surface area contributed by atoms with Crippen LogP contribution in [0.25, 0.3) is 0 Å². The fourth-order valence-corrected chi connectivity index (χ4v) is 2.37. The van der Waals surface area contributed by atoms with Gasteiger partial charge in [0, 0.05) is 19.3 Å². The van der Waals surface area contributed by atoms with E-state index in [1.165, 1.54) is 0 Å². The summed E-state index contributed by atoms with van der Waals surface area (Å²) >= 11 is 0. The van der Waals surface area contributed by atoms with Crippen LogP contribution in [0, 0.1) is 15.7 Å². The first-order chi connectivity index (χ1) is 7.23. The Kier molecular flexibility index (Phi) is 4.11. The number of carbonyl (C=O) groups is 1. The largest absolute Gasteiger partial charge is 0.369 e. The number of carbonyl (C=O) groups excluding carboxylic acids is 1. The lowest BCUT2D eigenvalue weighted by molar-refractivity contribution is -2.00. The zero-order valence-corrected chi connectivity index (χ0v) is 9.50. The van der Waals surface area contributed by atoms with Crippen molar-refractivity contribution in [2.45, 2.75) is 19.3 Å². The molecule has 3 fully saturated rings. The molecule has 3 heterocycles. The average Bonchev–Trinajstić information content (AvgIpc) is 2.18. The van der Waals surface area contributed by atoms with E-state index >= 15 is 0 Å². The van der Waals surface area contributed by atoms with Crippen LogP contribution in [0.3, 0.4) is 0 Å². The summed E-state index contributed by atoms with van der Waals surface area (Å²) in [6, 6.07) is 0. The highest BCUT2D eigenvalue weighted by Gasteiger charge is 2.46. The smallest absolute Gasteiger partial charge is 0.224 e. The molecule has 3 aliphatic heterocycles. The molecule has 0 aromatic heterocycles. The van der Waals surface area contributed by atoms with Crippen LogP contribution in [0.15, 0.2) is 0 Å². The molecule has 0 spiro atoms. The van der Waals surface area contributed by atoms with E-state index in [1.807, 2.05) is 0 Å². The zero-order chi connectivity index (χ0) is 12.4. The molecule has 16 heavy (non-hydrogen) atoms. The summed E-state index contributed by atoms with van der Waals surface area (Å²) in [7, 11) is -4.94. The van der Waals surface area contributed by atoms with Gasteiger partial charge >= 0.3 is 0 Å². The molecule has 3 N–H and O–H groups in total. The van der Waals surface area contributed by atoms with Crippen molar-refractivity contribution in [3.8, 4) is 0 Å². The van der Waals surface area contributed by atoms with Crippen LogP contribution >= 0.6 is 0 Å². The third kappa shape index (κ3) is 3.85. The minimum absolute atomic E-state index is 0.0590. The molecule has 0 aromatic rings. The third-order valence-electron chi connectivity index (χ3n) is 3.39. The van der Waals surface area contributed by atoms with Crippen LogP contribution in [0.4, 0.5) is 0 Å². The van der Waals surface area contributed by atoms with E-state index in [4.69, 9.17) is 24.4 Å². The van der Waals surface area contributed by atoms with Gasteiger partial charge in [0.2, 0.25) is 5.91 Å². The summed E-state index contributed by atoms with van der Waals surface area (Å²) in [5.41, 5.74) is 5.29. The highest BCUT2D eigenvalue weighted by Crippen LogP contribution is 2.33. The average molecular weight is 255 g/mol. The van der Waals surface area contributed by atoms with Crippen molar-refractivity contribution in [1.29, 1.82) is 0 Å². The SMILES string of the molecule is NC(=O)C12CC[NH+](CC1)CC2.[O-][Cl+3]([O-])([O-])[O-]. The predicted octanol–water partition coefficient (Wildman–Crippen LogP) is -6.22. The fourth-order valence-electron chi connectivity index (χ4n) is 2.37. The molecule has 0 aromatic carbocycles. The standard InChI is InChI=1S/C8H14N2O.ClHO4/c9-7(11)8-1-4-10(5-2-8)6-3-8;2-1(3,4)5/h1-6H2,(H2,9,11);(H,2,3,4,5). The van der Waals surface area contributed by atoms with E-state index < -0.39 is 10.2 Å². The number of fused-ring (bicyclic) bond motifs is 3. The van der Waals surface area contributed by atoms with Gasteiger partial charge in [0.1, 0.15) is 0 Å². The van der Waals surface area contributed by atoms with Crippen LogP contribution in [0.1, 0.15) is 19.3 Å². The number of hydrogen-bond acceptors (Lipinski definition) is 5. The summed E-state index contributed by atoms with van der Waals surface area (Å²) in [5.74, 6) is -0.0590. The van der Waals surface area contributed by atoms with Crippen molar-refractivity contribution < 1.29 is 38.6 Å². The maximum atomic E-state index is 11.1. The molecular weight excluding hydrogens is 240 g/mol. The number of hydrogen-bond donors (Lipinski definition) is 2. The van der Waals surface area contributed by atoms with Crippen LogP contribution < -0.4 is 29.3 Å². The lowest BCUT2D eigenvalue weighted by Crippen LogP contribution is -3.15. The summed E-state index contributed by atoms with van der Waals surface area (Å²) in [5, 5.41) is 0. The van der Waals surface area contributed by atoms with Gasteiger partial charge < -0.3 is 10.6 Å². The van der Waals surface area contributed by atoms with Gasteiger partial charge in [-0.3, -0.25) is 4.79 Å². The minimum Gasteiger partial charge on any atom is -0.369 e. The van der Waals surface area contributed by atoms with Crippen LogP contribution in [-0.2, 0) is 4.79 Å². The Bertz CT molecular complexity index is 240. The summed E-state index contributed by atoms with van der Waals surface area (Å²) < 4.78 is 34.0. The minimum atomic E-state index is -4.94. The normalized spacial score (nSPS) is 32.9. The lowest BCUT2D eigenvalue weighted by atomic mass is 9.71. The second-order valence-electron chi connectivity index (χ2n) is 4.27. The van der Waals surface area contributed by atoms with Gasteiger partial charge in [-0.05, 0) is 0 Å². The maximum absolute atomic E-state index is 11.1. The monoisotopic (exact) mass is 254 g/mol. The van der Waals surface area contributed by atoms with Crippen molar-refractivity contribution in [3.05, 3.63) is 0 Å². The van der Waals surface area contributed by atoms with Crippen LogP contribution in [0.5, 0.6) is 0 Å². The molecule has 0 radical (unpaired) electrons. The molecule has 2 bridgehead atoms. The van der Waals surface area contributed by atoms with Crippen molar-refractivity contribution in [3.63, 3.8) is 0 Å². The molecule has 3 aliphatic rings. The van der Waals surface area contributed by atoms with Crippen molar-refractivity contribution in [2.75, 3.05) is 19.6 Å². The van der Waals surface area contributed by atoms with Crippen molar-refractivity contribution in [1.82, 2.24) is 0 Å². The van der Waals surface area contributed by atoms with Gasteiger partial charge in [-0.15, -0.1) is 10.2 Å². The number of nitrogens with two attached hydrogens (primary N) is 1. The number of rotatable bonds is 1. The van der Waals surface area contributed by atoms with E-state index in [0.29, 0.717) is 0 Å². The zero-order valence-electron chi connectivity index (χ0n) is 8.74. The first-order valence-electron chi connectivity index (χ1n) is 4.98. The van der Waals surface area contributed by atoms with E-state index in [-0.39, 0.29) is 11.3 Å². The molecule has 3 saturated heterocycles. The number of quaternary nitrogens is 1. The highest BCUT2D eigenvalue weighted by molar-refractivity contribution is 5.81. The number of primary amides is 1. The Labute approximate surface area is 95.2 Å². The fraction of sp³-hybridized carbons (Fsp3) is 0.875. The molecule has 0 atom stereocenters. The molecule has 3 rings (SSSR count). The van der Waals surface area contributed by atoms with Gasteiger partial charge in [0.15, 0.2) is 0 Å². The summed E-state index contributed by atoms with van der Waals surface area (Å²) in [6.45, 7) is 3.47. The Morgan fingerprint density at radius 1 is 1.06 bits per heavy atom. The Hall–Kier alpha value is -0.440. The van der Waals surface area contributed by atoms with Gasteiger partial charge in [0.05, 0.1) is 25.0 Å². The number of halogens is 1. The molecule has 0 unspecified atom stereocenters. The van der Waals surface area contributed by atoms with Gasteiger partial charge in [-0.25, -0.2) is 18.6 Å². The van der Waals surface area contributed by atoms with Crippen LogP contribution in [-0.4, -0.2) is 25.5 Å². The van der Waals surface area contributed by atoms with E-state index in [1.54, 1.807) is 4.90 Å². The summed E-state index contributed by atoms with van der Waals surface area (Å²) in [6.07, 6.45) is 3.08. The lowest BCUT2D eigenvalue weighted by Gasteiger charge is -2.43. The Morgan fingerprint density at radius 3 is 1.56 bits per heavy atom. The first-order valence-corrected chi connectivity index (χ1v) is 6.22. The molecule has 7 nitrogen and oxygen atoms in total. The van der Waals surface area contributed by atoms with E-state index in [0.717, 1.165) is 38.9 Å². The summed E-state index contributed by atoms with van der Waals surface area (Å²) in [4.78, 5) is 12.8. The molecule has 0 saturated carbocycles. The molecule has 1 amide bonds. The van der Waals surface area contributed by atoms with Gasteiger partial charge in [0.25, 0.3) is 0 Å². The van der Waals surface area contributed by atoms with Crippen molar-refractivity contribution in [2.24, 2.45) is 11.1 Å². The molecule has 0 aliphatic carbocycles. The number of piperidine rings is 3. The first kappa shape index (κ1) is 13.6. The number of nitrogens with one attached hydrogen (secondary N) is 1. The molecular formula is C8H15ClN2O5. The van der Waals surface area contributed by atoms with Crippen LogP contribution in [0.2, 0.25) is 0 Å². The Balaban J connectivity index is 0.000000221. The van der Waals surface area contributed by atoms with E-state index in [2.05, 4.69) is 0 Å². The third-order valence-corrected chi connectivity index (χ3v) is 3.39. The van der Waals surface area contributed by atoms with Gasteiger partial charge in [-0.2, -0.15) is 0 Å². The quantitative estimate of drug-likeness (QED) is 0.479. The maximum Gasteiger partial charge on any atom is 0.224 e. The Morgan fingerprint density at radius 2 is 1.38 bits per heavy atom. The van der Waals surface area contributed by atoms with E-state index in [9.17, 15) is 4.79 Å². The number of amides is 1. The molecule has 8 heteroatoms.